The lowest BCUT2D eigenvalue weighted by molar-refractivity contribution is -0.107. The number of methoxy groups -OCH3 is 2. The van der Waals surface area contributed by atoms with E-state index in [1.165, 1.54) is 0 Å². The van der Waals surface area contributed by atoms with E-state index in [0.29, 0.717) is 17.2 Å². The van der Waals surface area contributed by atoms with Gasteiger partial charge in [0.15, 0.2) is 5.76 Å². The first-order valence-electron chi connectivity index (χ1n) is 6.15. The van der Waals surface area contributed by atoms with Crippen molar-refractivity contribution in [3.63, 3.8) is 0 Å². The van der Waals surface area contributed by atoms with Crippen LogP contribution in [0, 0.1) is 0 Å². The molecule has 0 aliphatic rings. The number of hydrogen-bond donors (Lipinski definition) is 0. The van der Waals surface area contributed by atoms with Crippen LogP contribution in [0.4, 0.5) is 0 Å². The molecule has 0 heterocycles. The number of ether oxygens (including phenoxy) is 2. The molecule has 0 radical (unpaired) electrons. The SMILES string of the molecule is CCCC\C=N/C(=C/C(OC)=C(\C)OC)CC=O. The van der Waals surface area contributed by atoms with Gasteiger partial charge in [-0.3, -0.25) is 4.99 Å². The van der Waals surface area contributed by atoms with Crippen LogP contribution in [0.3, 0.4) is 0 Å². The largest absolute Gasteiger partial charge is 0.498 e. The Hall–Kier alpha value is -1.58. The summed E-state index contributed by atoms with van der Waals surface area (Å²) in [5.41, 5.74) is 0.675. The summed E-state index contributed by atoms with van der Waals surface area (Å²) in [5.74, 6) is 1.24. The van der Waals surface area contributed by atoms with E-state index in [1.807, 2.05) is 6.21 Å². The second-order valence-corrected chi connectivity index (χ2v) is 3.79. The second-order valence-electron chi connectivity index (χ2n) is 3.79. The van der Waals surface area contributed by atoms with Crippen molar-refractivity contribution in [3.8, 4) is 0 Å². The third-order valence-electron chi connectivity index (χ3n) is 2.41. The highest BCUT2D eigenvalue weighted by molar-refractivity contribution is 5.62. The first-order valence-corrected chi connectivity index (χ1v) is 6.15. The molecule has 0 aliphatic carbocycles. The van der Waals surface area contributed by atoms with Crippen LogP contribution in [0.1, 0.15) is 39.5 Å². The number of rotatable bonds is 9. The minimum Gasteiger partial charge on any atom is -0.498 e. The molecule has 0 N–H and O–H groups in total. The maximum Gasteiger partial charge on any atom is 0.157 e. The predicted molar refractivity (Wildman–Crippen MR) is 73.5 cm³/mol. The standard InChI is InChI=1S/C14H23NO3/c1-5-6-7-9-15-13(8-10-16)11-14(18-4)12(2)17-3/h9-11H,5-8H2,1-4H3/b13-11+,14-12-,15-9-. The number of unbranched alkanes of at least 4 members (excludes halogenated alkanes) is 2. The monoisotopic (exact) mass is 253 g/mol. The predicted octanol–water partition coefficient (Wildman–Crippen LogP) is 3.24. The van der Waals surface area contributed by atoms with E-state index >= 15 is 0 Å². The average Bonchev–Trinajstić information content (AvgIpc) is 2.39. The van der Waals surface area contributed by atoms with E-state index in [2.05, 4.69) is 11.9 Å². The number of carbonyl (C=O) groups excluding carboxylic acids is 1. The summed E-state index contributed by atoms with van der Waals surface area (Å²) in [5, 5.41) is 0. The highest BCUT2D eigenvalue weighted by atomic mass is 16.5. The molecule has 0 atom stereocenters. The zero-order valence-electron chi connectivity index (χ0n) is 11.7. The van der Waals surface area contributed by atoms with Gasteiger partial charge in [0.2, 0.25) is 0 Å². The fraction of sp³-hybridized carbons (Fsp3) is 0.571. The van der Waals surface area contributed by atoms with Gasteiger partial charge in [0.1, 0.15) is 12.0 Å². The number of carbonyl (C=O) groups is 1. The summed E-state index contributed by atoms with van der Waals surface area (Å²) >= 11 is 0. The van der Waals surface area contributed by atoms with Crippen LogP contribution in [0.2, 0.25) is 0 Å². The van der Waals surface area contributed by atoms with Gasteiger partial charge < -0.3 is 14.3 Å². The summed E-state index contributed by atoms with van der Waals surface area (Å²) in [7, 11) is 3.14. The van der Waals surface area contributed by atoms with Gasteiger partial charge in [-0.2, -0.15) is 0 Å². The molecule has 0 spiro atoms. The fourth-order valence-electron chi connectivity index (χ4n) is 1.27. The topological polar surface area (TPSA) is 47.9 Å². The molecule has 0 saturated heterocycles. The fourth-order valence-corrected chi connectivity index (χ4v) is 1.27. The van der Waals surface area contributed by atoms with E-state index in [9.17, 15) is 4.79 Å². The van der Waals surface area contributed by atoms with Crippen molar-refractivity contribution in [2.75, 3.05) is 14.2 Å². The number of allylic oxidation sites excluding steroid dienone is 3. The van der Waals surface area contributed by atoms with Crippen LogP contribution in [-0.2, 0) is 14.3 Å². The highest BCUT2D eigenvalue weighted by Gasteiger charge is 2.02. The molecule has 0 aromatic rings. The smallest absolute Gasteiger partial charge is 0.157 e. The van der Waals surface area contributed by atoms with Crippen molar-refractivity contribution in [2.45, 2.75) is 39.5 Å². The number of nitrogens with zero attached hydrogens (tertiary/aromatic N) is 1. The van der Waals surface area contributed by atoms with Crippen molar-refractivity contribution >= 4 is 12.5 Å². The zero-order chi connectivity index (χ0) is 13.8. The number of aliphatic imine (C=N–C) groups is 1. The number of hydrogen-bond acceptors (Lipinski definition) is 4. The maximum absolute atomic E-state index is 10.6. The van der Waals surface area contributed by atoms with Gasteiger partial charge >= 0.3 is 0 Å². The van der Waals surface area contributed by atoms with Crippen LogP contribution < -0.4 is 0 Å². The first-order chi connectivity index (χ1) is 8.69. The van der Waals surface area contributed by atoms with E-state index in [0.717, 1.165) is 25.5 Å². The molecule has 0 fully saturated rings. The van der Waals surface area contributed by atoms with Gasteiger partial charge in [0.05, 0.1) is 19.9 Å². The Morgan fingerprint density at radius 1 is 1.28 bits per heavy atom. The molecule has 0 aliphatic heterocycles. The summed E-state index contributed by atoms with van der Waals surface area (Å²) in [4.78, 5) is 14.9. The van der Waals surface area contributed by atoms with Gasteiger partial charge in [-0.05, 0) is 19.8 Å². The van der Waals surface area contributed by atoms with Gasteiger partial charge in [-0.1, -0.05) is 13.3 Å². The van der Waals surface area contributed by atoms with Gasteiger partial charge in [-0.25, -0.2) is 0 Å². The summed E-state index contributed by atoms with van der Waals surface area (Å²) in [6.07, 6.45) is 7.82. The van der Waals surface area contributed by atoms with E-state index in [-0.39, 0.29) is 6.42 Å². The van der Waals surface area contributed by atoms with E-state index in [1.54, 1.807) is 27.2 Å². The van der Waals surface area contributed by atoms with Gasteiger partial charge in [0.25, 0.3) is 0 Å². The summed E-state index contributed by atoms with van der Waals surface area (Å²) in [6.45, 7) is 3.93. The van der Waals surface area contributed by atoms with Crippen molar-refractivity contribution in [2.24, 2.45) is 4.99 Å². The summed E-state index contributed by atoms with van der Waals surface area (Å²) in [6, 6.07) is 0. The molecule has 4 heteroatoms. The van der Waals surface area contributed by atoms with Crippen molar-refractivity contribution in [1.82, 2.24) is 0 Å². The minimum atomic E-state index is 0.270. The molecule has 0 bridgehead atoms. The molecule has 0 aromatic carbocycles. The van der Waals surface area contributed by atoms with E-state index < -0.39 is 0 Å². The van der Waals surface area contributed by atoms with Crippen molar-refractivity contribution in [3.05, 3.63) is 23.3 Å². The summed E-state index contributed by atoms with van der Waals surface area (Å²) < 4.78 is 10.3. The first kappa shape index (κ1) is 16.4. The molecular formula is C14H23NO3. The maximum atomic E-state index is 10.6. The molecule has 0 saturated carbocycles. The van der Waals surface area contributed by atoms with Gasteiger partial charge in [0, 0.05) is 18.7 Å². The lowest BCUT2D eigenvalue weighted by atomic mass is 10.2. The quantitative estimate of drug-likeness (QED) is 0.208. The molecule has 0 rings (SSSR count). The Morgan fingerprint density at radius 2 is 2.00 bits per heavy atom. The Morgan fingerprint density at radius 3 is 2.50 bits per heavy atom. The third kappa shape index (κ3) is 6.89. The van der Waals surface area contributed by atoms with E-state index in [4.69, 9.17) is 9.47 Å². The molecule has 4 nitrogen and oxygen atoms in total. The molecule has 0 unspecified atom stereocenters. The lowest BCUT2D eigenvalue weighted by Crippen LogP contribution is -1.93. The van der Waals surface area contributed by atoms with Crippen LogP contribution in [0.25, 0.3) is 0 Å². The van der Waals surface area contributed by atoms with Crippen LogP contribution in [0.15, 0.2) is 28.3 Å². The lowest BCUT2D eigenvalue weighted by Gasteiger charge is -2.06. The Balaban J connectivity index is 4.85. The normalized spacial score (nSPS) is 13.4. The van der Waals surface area contributed by atoms with Crippen LogP contribution in [-0.4, -0.2) is 26.7 Å². The van der Waals surface area contributed by atoms with Crippen LogP contribution in [0.5, 0.6) is 0 Å². The van der Waals surface area contributed by atoms with Gasteiger partial charge in [-0.15, -0.1) is 0 Å². The number of aldehydes is 1. The highest BCUT2D eigenvalue weighted by Crippen LogP contribution is 2.12. The average molecular weight is 253 g/mol. The van der Waals surface area contributed by atoms with Crippen molar-refractivity contribution in [1.29, 1.82) is 0 Å². The second kappa shape index (κ2) is 10.6. The molecular weight excluding hydrogens is 230 g/mol. The third-order valence-corrected chi connectivity index (χ3v) is 2.41. The molecule has 0 amide bonds. The molecule has 18 heavy (non-hydrogen) atoms. The zero-order valence-corrected chi connectivity index (χ0v) is 11.7. The molecule has 102 valence electrons. The van der Waals surface area contributed by atoms with Crippen LogP contribution >= 0.6 is 0 Å². The van der Waals surface area contributed by atoms with Crippen molar-refractivity contribution < 1.29 is 14.3 Å². The minimum absolute atomic E-state index is 0.270. The Bertz CT molecular complexity index is 330. The Kier molecular flexibility index (Phi) is 9.64. The molecule has 0 aromatic heterocycles. The Labute approximate surface area is 109 Å².